The van der Waals surface area contributed by atoms with Crippen molar-refractivity contribution in [3.05, 3.63) is 11.8 Å². The summed E-state index contributed by atoms with van der Waals surface area (Å²) in [7, 11) is 1.60. The maximum Gasteiger partial charge on any atom is 0.226 e. The lowest BCUT2D eigenvalue weighted by molar-refractivity contribution is -0.121. The summed E-state index contributed by atoms with van der Waals surface area (Å²) in [5, 5.41) is 5.78. The van der Waals surface area contributed by atoms with Crippen molar-refractivity contribution >= 4 is 11.9 Å². The van der Waals surface area contributed by atoms with E-state index in [1.165, 1.54) is 0 Å². The predicted octanol–water partition coefficient (Wildman–Crippen LogP) is 1.14. The van der Waals surface area contributed by atoms with E-state index in [1.54, 1.807) is 13.2 Å². The Bertz CT molecular complexity index is 440. The fraction of sp³-hybridized carbons (Fsp3) is 0.643. The van der Waals surface area contributed by atoms with E-state index in [0.29, 0.717) is 44.6 Å². The Morgan fingerprint density at radius 2 is 2.10 bits per heavy atom. The molecule has 0 fully saturated rings. The molecule has 2 N–H and O–H groups in total. The second-order valence-corrected chi connectivity index (χ2v) is 4.54. The average Bonchev–Trinajstić information content (AvgIpc) is 2.45. The average molecular weight is 296 g/mol. The van der Waals surface area contributed by atoms with Crippen LogP contribution in [-0.4, -0.2) is 49.3 Å². The number of anilines is 1. The Hall–Kier alpha value is -1.89. The molecule has 118 valence electrons. The molecule has 0 saturated heterocycles. The number of carbonyl (C=O) groups is 1. The van der Waals surface area contributed by atoms with Gasteiger partial charge in [-0.3, -0.25) is 4.79 Å². The summed E-state index contributed by atoms with van der Waals surface area (Å²) >= 11 is 0. The number of amides is 1. The molecule has 0 unspecified atom stereocenters. The number of nitrogens with one attached hydrogen (secondary N) is 2. The molecule has 1 heterocycles. The summed E-state index contributed by atoms with van der Waals surface area (Å²) in [6, 6.07) is 1.79. The molecule has 0 bridgehead atoms. The van der Waals surface area contributed by atoms with Crippen LogP contribution in [0.15, 0.2) is 6.07 Å². The smallest absolute Gasteiger partial charge is 0.226 e. The highest BCUT2D eigenvalue weighted by molar-refractivity contribution is 5.76. The van der Waals surface area contributed by atoms with Gasteiger partial charge in [0.2, 0.25) is 17.7 Å². The van der Waals surface area contributed by atoms with Crippen LogP contribution in [0.25, 0.3) is 0 Å². The molecule has 0 atom stereocenters. The van der Waals surface area contributed by atoms with Crippen LogP contribution in [0.2, 0.25) is 0 Å². The number of ether oxygens (including phenoxy) is 2. The molecule has 7 nitrogen and oxygen atoms in total. The van der Waals surface area contributed by atoms with Crippen LogP contribution in [-0.2, 0) is 9.53 Å². The van der Waals surface area contributed by atoms with Gasteiger partial charge in [-0.2, -0.15) is 4.98 Å². The summed E-state index contributed by atoms with van der Waals surface area (Å²) < 4.78 is 10.3. The molecule has 0 aliphatic heterocycles. The number of hydrogen-bond donors (Lipinski definition) is 2. The zero-order valence-corrected chi connectivity index (χ0v) is 12.9. The predicted molar refractivity (Wildman–Crippen MR) is 80.5 cm³/mol. The minimum absolute atomic E-state index is 0.0327. The van der Waals surface area contributed by atoms with E-state index in [4.69, 9.17) is 9.47 Å². The van der Waals surface area contributed by atoms with Gasteiger partial charge in [0.15, 0.2) is 0 Å². The lowest BCUT2D eigenvalue weighted by Crippen LogP contribution is -2.28. The van der Waals surface area contributed by atoms with Crippen molar-refractivity contribution in [1.29, 1.82) is 0 Å². The number of hydrogen-bond acceptors (Lipinski definition) is 6. The third-order valence-corrected chi connectivity index (χ3v) is 2.55. The summed E-state index contributed by atoms with van der Waals surface area (Å²) in [5.41, 5.74) is 0.822. The fourth-order valence-electron chi connectivity index (χ4n) is 1.57. The molecule has 1 rings (SSSR count). The van der Waals surface area contributed by atoms with Gasteiger partial charge in [0.05, 0.1) is 13.2 Å². The van der Waals surface area contributed by atoms with Crippen molar-refractivity contribution in [2.24, 2.45) is 0 Å². The van der Waals surface area contributed by atoms with Crippen molar-refractivity contribution in [3.8, 4) is 5.88 Å². The van der Waals surface area contributed by atoms with Crippen LogP contribution < -0.4 is 15.4 Å². The summed E-state index contributed by atoms with van der Waals surface area (Å²) in [6.45, 7) is 6.04. The van der Waals surface area contributed by atoms with Gasteiger partial charge in [-0.05, 0) is 13.3 Å². The number of carbonyl (C=O) groups excluding carboxylic acids is 1. The Morgan fingerprint density at radius 3 is 2.81 bits per heavy atom. The van der Waals surface area contributed by atoms with Crippen LogP contribution in [0.1, 0.15) is 25.5 Å². The minimum Gasteiger partial charge on any atom is -0.478 e. The van der Waals surface area contributed by atoms with Gasteiger partial charge in [-0.25, -0.2) is 4.98 Å². The largest absolute Gasteiger partial charge is 0.478 e. The molecule has 1 aromatic rings. The van der Waals surface area contributed by atoms with Crippen molar-refractivity contribution in [3.63, 3.8) is 0 Å². The van der Waals surface area contributed by atoms with E-state index in [1.807, 2.05) is 13.8 Å². The van der Waals surface area contributed by atoms with Crippen molar-refractivity contribution in [1.82, 2.24) is 15.3 Å². The first-order valence-electron chi connectivity index (χ1n) is 7.13. The van der Waals surface area contributed by atoms with Crippen molar-refractivity contribution in [2.45, 2.75) is 26.7 Å². The van der Waals surface area contributed by atoms with Gasteiger partial charge in [0.25, 0.3) is 0 Å². The molecule has 0 aromatic carbocycles. The Balaban J connectivity index is 2.37. The number of nitrogens with zero attached hydrogens (tertiary/aromatic N) is 2. The van der Waals surface area contributed by atoms with Gasteiger partial charge < -0.3 is 20.1 Å². The van der Waals surface area contributed by atoms with Gasteiger partial charge in [0, 0.05) is 38.4 Å². The van der Waals surface area contributed by atoms with E-state index in [9.17, 15) is 4.79 Å². The van der Waals surface area contributed by atoms with Gasteiger partial charge in [-0.1, -0.05) is 6.92 Å². The number of aromatic nitrogens is 2. The standard InChI is InChI=1S/C14H24N4O3/c1-4-8-21-13-10-11(2)17-14(18-13)16-6-5-12(19)15-7-9-20-3/h10H,4-9H2,1-3H3,(H,15,19)(H,16,17,18). The SMILES string of the molecule is CCCOc1cc(C)nc(NCCC(=O)NCCOC)n1. The van der Waals surface area contributed by atoms with E-state index >= 15 is 0 Å². The van der Waals surface area contributed by atoms with Crippen LogP contribution in [0.5, 0.6) is 5.88 Å². The van der Waals surface area contributed by atoms with Crippen molar-refractivity contribution < 1.29 is 14.3 Å². The maximum atomic E-state index is 11.5. The third kappa shape index (κ3) is 7.45. The first-order chi connectivity index (χ1) is 10.2. The van der Waals surface area contributed by atoms with Crippen LogP contribution >= 0.6 is 0 Å². The summed E-state index contributed by atoms with van der Waals surface area (Å²) in [4.78, 5) is 20.0. The topological polar surface area (TPSA) is 85.4 Å². The first-order valence-corrected chi connectivity index (χ1v) is 7.13. The van der Waals surface area contributed by atoms with Gasteiger partial charge >= 0.3 is 0 Å². The zero-order chi connectivity index (χ0) is 15.5. The minimum atomic E-state index is -0.0327. The van der Waals surface area contributed by atoms with Gasteiger partial charge in [0.1, 0.15) is 0 Å². The Morgan fingerprint density at radius 1 is 1.29 bits per heavy atom. The first kappa shape index (κ1) is 17.2. The molecule has 1 amide bonds. The lowest BCUT2D eigenvalue weighted by atomic mass is 10.4. The third-order valence-electron chi connectivity index (χ3n) is 2.55. The van der Waals surface area contributed by atoms with E-state index < -0.39 is 0 Å². The molecule has 0 saturated carbocycles. The molecule has 1 aromatic heterocycles. The number of methoxy groups -OCH3 is 1. The normalized spacial score (nSPS) is 10.2. The van der Waals surface area contributed by atoms with Crippen LogP contribution in [0, 0.1) is 6.92 Å². The monoisotopic (exact) mass is 296 g/mol. The van der Waals surface area contributed by atoms with Crippen LogP contribution in [0.3, 0.4) is 0 Å². The molecule has 0 aliphatic carbocycles. The molecule has 21 heavy (non-hydrogen) atoms. The fourth-order valence-corrected chi connectivity index (χ4v) is 1.57. The van der Waals surface area contributed by atoms with E-state index in [-0.39, 0.29) is 5.91 Å². The molecular formula is C14H24N4O3. The van der Waals surface area contributed by atoms with E-state index in [0.717, 1.165) is 12.1 Å². The highest BCUT2D eigenvalue weighted by atomic mass is 16.5. The molecular weight excluding hydrogens is 272 g/mol. The summed E-state index contributed by atoms with van der Waals surface area (Å²) in [6.07, 6.45) is 1.28. The van der Waals surface area contributed by atoms with E-state index in [2.05, 4.69) is 20.6 Å². The molecule has 7 heteroatoms. The summed E-state index contributed by atoms with van der Waals surface area (Å²) in [5.74, 6) is 0.997. The Labute approximate surface area is 125 Å². The highest BCUT2D eigenvalue weighted by Gasteiger charge is 2.04. The maximum absolute atomic E-state index is 11.5. The van der Waals surface area contributed by atoms with Crippen molar-refractivity contribution in [2.75, 3.05) is 38.7 Å². The quantitative estimate of drug-likeness (QED) is 0.630. The lowest BCUT2D eigenvalue weighted by Gasteiger charge is -2.09. The zero-order valence-electron chi connectivity index (χ0n) is 12.9. The molecule has 0 radical (unpaired) electrons. The number of rotatable bonds is 10. The van der Waals surface area contributed by atoms with Crippen LogP contribution in [0.4, 0.5) is 5.95 Å². The highest BCUT2D eigenvalue weighted by Crippen LogP contribution is 2.12. The Kier molecular flexibility index (Phi) is 8.11. The molecule has 0 spiro atoms. The molecule has 0 aliphatic rings. The van der Waals surface area contributed by atoms with Gasteiger partial charge in [-0.15, -0.1) is 0 Å². The second kappa shape index (κ2) is 9.93. The second-order valence-electron chi connectivity index (χ2n) is 4.54. The number of aryl methyl sites for hydroxylation is 1.